The van der Waals surface area contributed by atoms with Crippen LogP contribution in [0.5, 0.6) is 0 Å². The highest BCUT2D eigenvalue weighted by molar-refractivity contribution is 4.98. The van der Waals surface area contributed by atoms with E-state index in [1.807, 2.05) is 0 Å². The first kappa shape index (κ1) is 12.5. The van der Waals surface area contributed by atoms with E-state index in [2.05, 4.69) is 0 Å². The minimum Gasteiger partial charge on any atom is -0.238 e. The lowest BCUT2D eigenvalue weighted by molar-refractivity contribution is -0.303. The molecule has 0 atom stereocenters. The van der Waals surface area contributed by atoms with Crippen molar-refractivity contribution in [3.63, 3.8) is 0 Å². The van der Waals surface area contributed by atoms with Crippen molar-refractivity contribution in [2.45, 2.75) is 37.8 Å². The van der Waals surface area contributed by atoms with E-state index >= 15 is 0 Å². The summed E-state index contributed by atoms with van der Waals surface area (Å²) in [5.74, 6) is -11.1. The largest absolute Gasteiger partial charge is 0.372 e. The lowest BCUT2D eigenvalue weighted by Crippen LogP contribution is -2.56. The zero-order valence-electron chi connectivity index (χ0n) is 6.72. The van der Waals surface area contributed by atoms with Crippen molar-refractivity contribution in [2.24, 2.45) is 0 Å². The molecule has 0 radical (unpaired) electrons. The molecule has 0 rings (SSSR count). The van der Waals surface area contributed by atoms with Crippen LogP contribution in [-0.2, 0) is 0 Å². The molecule has 0 aliphatic carbocycles. The second-order valence-electron chi connectivity index (χ2n) is 2.97. The van der Waals surface area contributed by atoms with Crippen molar-refractivity contribution in [1.82, 2.24) is 0 Å². The van der Waals surface area contributed by atoms with Crippen molar-refractivity contribution in [3.05, 3.63) is 0 Å². The van der Waals surface area contributed by atoms with Gasteiger partial charge in [-0.15, -0.1) is 0 Å². The smallest absolute Gasteiger partial charge is 0.238 e. The monoisotopic (exact) mass is 212 g/mol. The van der Waals surface area contributed by atoms with Crippen molar-refractivity contribution < 1.29 is 30.7 Å². The molecule has 0 unspecified atom stereocenters. The lowest BCUT2D eigenvalue weighted by Gasteiger charge is -2.32. The molecule has 0 aromatic heterocycles. The normalized spacial score (nSPS) is 15.2. The number of hydrogen-bond donors (Lipinski definition) is 0. The van der Waals surface area contributed by atoms with Gasteiger partial charge in [0, 0.05) is 0 Å². The molecule has 0 aromatic carbocycles. The molecule has 0 aromatic rings. The fourth-order valence-corrected chi connectivity index (χ4v) is 0.533. The summed E-state index contributed by atoms with van der Waals surface area (Å²) in [5, 5.41) is 0. The van der Waals surface area contributed by atoms with Gasteiger partial charge in [-0.05, 0) is 13.8 Å². The fraction of sp³-hybridized carbons (Fsp3) is 1.00. The topological polar surface area (TPSA) is 0 Å². The second-order valence-corrected chi connectivity index (χ2v) is 2.97. The van der Waals surface area contributed by atoms with Crippen LogP contribution < -0.4 is 0 Å². The van der Waals surface area contributed by atoms with Crippen molar-refractivity contribution in [3.8, 4) is 0 Å². The molecule has 80 valence electrons. The Kier molecular flexibility index (Phi) is 2.91. The molecule has 13 heavy (non-hydrogen) atoms. The van der Waals surface area contributed by atoms with Crippen LogP contribution in [0.15, 0.2) is 0 Å². The van der Waals surface area contributed by atoms with Crippen molar-refractivity contribution in [1.29, 1.82) is 0 Å². The SMILES string of the molecule is CC(C)(F)C(F)(F)C(F)(F)C(F)F. The van der Waals surface area contributed by atoms with Crippen LogP contribution in [0.3, 0.4) is 0 Å². The van der Waals surface area contributed by atoms with E-state index in [0.29, 0.717) is 0 Å². The Bertz CT molecular complexity index is 178. The Morgan fingerprint density at radius 3 is 1.23 bits per heavy atom. The first-order valence-corrected chi connectivity index (χ1v) is 3.17. The summed E-state index contributed by atoms with van der Waals surface area (Å²) in [7, 11) is 0. The van der Waals surface area contributed by atoms with Gasteiger partial charge in [-0.2, -0.15) is 17.6 Å². The zero-order valence-corrected chi connectivity index (χ0v) is 6.72. The summed E-state index contributed by atoms with van der Waals surface area (Å²) in [6.45, 7) is 0.229. The molecule has 0 bridgehead atoms. The number of rotatable bonds is 3. The molecular formula is C6H7F7. The van der Waals surface area contributed by atoms with Gasteiger partial charge in [0.2, 0.25) is 0 Å². The third-order valence-corrected chi connectivity index (χ3v) is 1.44. The van der Waals surface area contributed by atoms with E-state index in [9.17, 15) is 30.7 Å². The number of alkyl halides is 7. The van der Waals surface area contributed by atoms with Gasteiger partial charge in [-0.25, -0.2) is 13.2 Å². The van der Waals surface area contributed by atoms with Gasteiger partial charge in [0.1, 0.15) is 0 Å². The molecule has 7 heteroatoms. The van der Waals surface area contributed by atoms with Gasteiger partial charge in [-0.1, -0.05) is 0 Å². The minimum atomic E-state index is -5.66. The summed E-state index contributed by atoms with van der Waals surface area (Å²) in [6, 6.07) is 0. The van der Waals surface area contributed by atoms with Crippen LogP contribution in [0.4, 0.5) is 30.7 Å². The molecule has 0 fully saturated rings. The Hall–Kier alpha value is -0.490. The highest BCUT2D eigenvalue weighted by Crippen LogP contribution is 2.47. The molecule has 0 heterocycles. The van der Waals surface area contributed by atoms with Gasteiger partial charge in [0.15, 0.2) is 5.67 Å². The van der Waals surface area contributed by atoms with Gasteiger partial charge >= 0.3 is 18.3 Å². The van der Waals surface area contributed by atoms with Gasteiger partial charge in [0.25, 0.3) is 0 Å². The molecule has 0 saturated carbocycles. The number of hydrogen-bond acceptors (Lipinski definition) is 0. The minimum absolute atomic E-state index is 0.114. The fourth-order valence-electron chi connectivity index (χ4n) is 0.533. The highest BCUT2D eigenvalue weighted by Gasteiger charge is 2.70. The standard InChI is InChI=1S/C6H7F7/c1-4(2,9)6(12,13)5(10,11)3(7)8/h3H,1-2H3. The third-order valence-electron chi connectivity index (χ3n) is 1.44. The molecule has 0 saturated heterocycles. The molecule has 0 amide bonds. The van der Waals surface area contributed by atoms with E-state index in [-0.39, 0.29) is 13.8 Å². The van der Waals surface area contributed by atoms with Gasteiger partial charge in [-0.3, -0.25) is 0 Å². The first-order valence-electron chi connectivity index (χ1n) is 3.17. The van der Waals surface area contributed by atoms with Crippen molar-refractivity contribution in [2.75, 3.05) is 0 Å². The Balaban J connectivity index is 5.04. The average molecular weight is 212 g/mol. The van der Waals surface area contributed by atoms with E-state index in [4.69, 9.17) is 0 Å². The van der Waals surface area contributed by atoms with Gasteiger partial charge in [0.05, 0.1) is 0 Å². The second kappa shape index (κ2) is 3.02. The first-order chi connectivity index (χ1) is 5.44. The summed E-state index contributed by atoms with van der Waals surface area (Å²) in [5.41, 5.74) is -3.70. The average Bonchev–Trinajstić information content (AvgIpc) is 1.84. The molecule has 0 N–H and O–H groups in total. The molecule has 0 spiro atoms. The predicted octanol–water partition coefficient (Wildman–Crippen LogP) is 3.27. The van der Waals surface area contributed by atoms with E-state index in [0.717, 1.165) is 0 Å². The molecule has 0 aliphatic rings. The van der Waals surface area contributed by atoms with Crippen LogP contribution in [0.25, 0.3) is 0 Å². The van der Waals surface area contributed by atoms with Crippen LogP contribution in [0, 0.1) is 0 Å². The number of halogens is 7. The van der Waals surface area contributed by atoms with Gasteiger partial charge < -0.3 is 0 Å². The highest BCUT2D eigenvalue weighted by atomic mass is 19.3. The summed E-state index contributed by atoms with van der Waals surface area (Å²) in [6.07, 6.45) is -4.60. The predicted molar refractivity (Wildman–Crippen MR) is 31.1 cm³/mol. The molecule has 0 aliphatic heterocycles. The van der Waals surface area contributed by atoms with Crippen LogP contribution in [0.1, 0.15) is 13.8 Å². The summed E-state index contributed by atoms with van der Waals surface area (Å²) < 4.78 is 84.2. The third kappa shape index (κ3) is 1.88. The van der Waals surface area contributed by atoms with Crippen molar-refractivity contribution >= 4 is 0 Å². The lowest BCUT2D eigenvalue weighted by atomic mass is 9.97. The van der Waals surface area contributed by atoms with E-state index in [1.165, 1.54) is 0 Å². The van der Waals surface area contributed by atoms with E-state index in [1.54, 1.807) is 0 Å². The molecular weight excluding hydrogens is 205 g/mol. The molecule has 0 nitrogen and oxygen atoms in total. The maximum absolute atomic E-state index is 12.5. The van der Waals surface area contributed by atoms with Crippen LogP contribution >= 0.6 is 0 Å². The Morgan fingerprint density at radius 1 is 0.846 bits per heavy atom. The quantitative estimate of drug-likeness (QED) is 0.630. The summed E-state index contributed by atoms with van der Waals surface area (Å²) >= 11 is 0. The van der Waals surface area contributed by atoms with Crippen LogP contribution in [0.2, 0.25) is 0 Å². The summed E-state index contributed by atoms with van der Waals surface area (Å²) in [4.78, 5) is 0. The Morgan fingerprint density at radius 2 is 1.15 bits per heavy atom. The van der Waals surface area contributed by atoms with Crippen LogP contribution in [-0.4, -0.2) is 23.9 Å². The Labute approximate surface area is 69.7 Å². The van der Waals surface area contributed by atoms with E-state index < -0.39 is 23.9 Å². The maximum Gasteiger partial charge on any atom is 0.372 e. The zero-order chi connectivity index (χ0) is 11.1. The maximum atomic E-state index is 12.5.